The van der Waals surface area contributed by atoms with Gasteiger partial charge in [-0.15, -0.1) is 35.3 Å². The number of hydrogen-bond donors (Lipinski definition) is 2. The van der Waals surface area contributed by atoms with Crippen LogP contribution >= 0.6 is 35.3 Å². The maximum atomic E-state index is 4.46. The number of guanidine groups is 1. The fourth-order valence-corrected chi connectivity index (χ4v) is 2.31. The molecular weight excluding hydrogens is 335 g/mol. The Kier molecular flexibility index (Phi) is 4.97. The lowest BCUT2D eigenvalue weighted by molar-refractivity contribution is 0.713. The van der Waals surface area contributed by atoms with E-state index in [2.05, 4.69) is 34.5 Å². The van der Waals surface area contributed by atoms with Crippen molar-refractivity contribution in [3.8, 4) is 0 Å². The molecular formula is C10H17IN4S. The number of aliphatic imine (C=N–C) groups is 1. The lowest BCUT2D eigenvalue weighted by atomic mass is 10.4. The summed E-state index contributed by atoms with van der Waals surface area (Å²) in [5, 5.41) is 7.64. The molecule has 2 rings (SSSR count). The van der Waals surface area contributed by atoms with Crippen LogP contribution in [0.3, 0.4) is 0 Å². The first-order chi connectivity index (χ1) is 7.15. The van der Waals surface area contributed by atoms with Crippen molar-refractivity contribution in [3.05, 3.63) is 15.6 Å². The zero-order chi connectivity index (χ0) is 10.8. The lowest BCUT2D eigenvalue weighted by Gasteiger charge is -2.06. The van der Waals surface area contributed by atoms with Gasteiger partial charge in [-0.25, -0.2) is 4.98 Å². The standard InChI is InChI=1S/C10H16N4S.HI/c1-6-4-11-10(13-6)12-5-9-14-7(2)8(3)15-9;/h6H,4-5H2,1-3H3,(H2,11,12,13);1H. The van der Waals surface area contributed by atoms with Crippen molar-refractivity contribution in [3.63, 3.8) is 0 Å². The van der Waals surface area contributed by atoms with Gasteiger partial charge in [0, 0.05) is 10.9 Å². The van der Waals surface area contributed by atoms with Gasteiger partial charge in [-0.2, -0.15) is 0 Å². The molecule has 1 unspecified atom stereocenters. The Balaban J connectivity index is 0.00000128. The molecule has 0 aliphatic carbocycles. The summed E-state index contributed by atoms with van der Waals surface area (Å²) >= 11 is 1.74. The SMILES string of the molecule is Cc1nc(CNC2=NCC(C)N2)sc1C.I. The summed E-state index contributed by atoms with van der Waals surface area (Å²) in [7, 11) is 0. The first kappa shape index (κ1) is 13.7. The number of halogens is 1. The van der Waals surface area contributed by atoms with Gasteiger partial charge in [0.15, 0.2) is 5.96 Å². The van der Waals surface area contributed by atoms with Crippen molar-refractivity contribution in [2.75, 3.05) is 6.54 Å². The average Bonchev–Trinajstić information content (AvgIpc) is 2.72. The van der Waals surface area contributed by atoms with Gasteiger partial charge in [-0.1, -0.05) is 0 Å². The van der Waals surface area contributed by atoms with Crippen molar-refractivity contribution in [1.82, 2.24) is 15.6 Å². The van der Waals surface area contributed by atoms with Crippen LogP contribution in [0.25, 0.3) is 0 Å². The maximum Gasteiger partial charge on any atom is 0.191 e. The highest BCUT2D eigenvalue weighted by atomic mass is 127. The van der Waals surface area contributed by atoms with Gasteiger partial charge in [-0.3, -0.25) is 4.99 Å². The second-order valence-corrected chi connectivity index (χ2v) is 5.13. The third-order valence-corrected chi connectivity index (χ3v) is 3.46. The molecule has 2 heterocycles. The highest BCUT2D eigenvalue weighted by Crippen LogP contribution is 2.15. The van der Waals surface area contributed by atoms with Gasteiger partial charge in [0.25, 0.3) is 0 Å². The molecule has 16 heavy (non-hydrogen) atoms. The predicted molar refractivity (Wildman–Crippen MR) is 78.7 cm³/mol. The Hall–Kier alpha value is -0.370. The van der Waals surface area contributed by atoms with E-state index < -0.39 is 0 Å². The number of nitrogens with one attached hydrogen (secondary N) is 2. The van der Waals surface area contributed by atoms with E-state index in [4.69, 9.17) is 0 Å². The van der Waals surface area contributed by atoms with Crippen molar-refractivity contribution in [2.45, 2.75) is 33.4 Å². The summed E-state index contributed by atoms with van der Waals surface area (Å²) in [6.45, 7) is 7.89. The summed E-state index contributed by atoms with van der Waals surface area (Å²) in [6, 6.07) is 0.451. The largest absolute Gasteiger partial charge is 0.352 e. The van der Waals surface area contributed by atoms with Gasteiger partial charge in [0.05, 0.1) is 18.8 Å². The lowest BCUT2D eigenvalue weighted by Crippen LogP contribution is -2.37. The van der Waals surface area contributed by atoms with E-state index in [-0.39, 0.29) is 24.0 Å². The van der Waals surface area contributed by atoms with E-state index in [1.165, 1.54) is 4.88 Å². The molecule has 0 fully saturated rings. The molecule has 2 N–H and O–H groups in total. The van der Waals surface area contributed by atoms with Crippen molar-refractivity contribution < 1.29 is 0 Å². The van der Waals surface area contributed by atoms with Crippen molar-refractivity contribution in [1.29, 1.82) is 0 Å². The summed E-state index contributed by atoms with van der Waals surface area (Å²) in [4.78, 5) is 10.1. The Morgan fingerprint density at radius 2 is 2.25 bits per heavy atom. The van der Waals surface area contributed by atoms with Crippen LogP contribution in [-0.4, -0.2) is 23.5 Å². The minimum atomic E-state index is 0. The normalized spacial score (nSPS) is 18.7. The minimum Gasteiger partial charge on any atom is -0.352 e. The fourth-order valence-electron chi connectivity index (χ4n) is 1.43. The fraction of sp³-hybridized carbons (Fsp3) is 0.600. The van der Waals surface area contributed by atoms with E-state index in [0.29, 0.717) is 6.04 Å². The molecule has 0 radical (unpaired) electrons. The Morgan fingerprint density at radius 3 is 2.75 bits per heavy atom. The molecule has 0 spiro atoms. The quantitative estimate of drug-likeness (QED) is 0.799. The zero-order valence-corrected chi connectivity index (χ0v) is 12.8. The molecule has 1 atom stereocenters. The molecule has 1 aliphatic heterocycles. The topological polar surface area (TPSA) is 49.3 Å². The van der Waals surface area contributed by atoms with E-state index in [1.54, 1.807) is 11.3 Å². The highest BCUT2D eigenvalue weighted by molar-refractivity contribution is 14.0. The molecule has 1 aromatic heterocycles. The average molecular weight is 352 g/mol. The first-order valence-corrected chi connectivity index (χ1v) is 5.94. The van der Waals surface area contributed by atoms with E-state index in [1.807, 2.05) is 6.92 Å². The van der Waals surface area contributed by atoms with Gasteiger partial charge >= 0.3 is 0 Å². The van der Waals surface area contributed by atoms with Crippen LogP contribution in [0.5, 0.6) is 0 Å². The Labute approximate surface area is 117 Å². The predicted octanol–water partition coefficient (Wildman–Crippen LogP) is 1.82. The number of nitrogens with zero attached hydrogens (tertiary/aromatic N) is 2. The molecule has 1 aromatic rings. The number of aryl methyl sites for hydroxylation is 2. The van der Waals surface area contributed by atoms with Crippen LogP contribution in [0.2, 0.25) is 0 Å². The van der Waals surface area contributed by atoms with Crippen LogP contribution < -0.4 is 10.6 Å². The van der Waals surface area contributed by atoms with Crippen LogP contribution in [0.1, 0.15) is 22.5 Å². The number of rotatable bonds is 2. The molecule has 6 heteroatoms. The van der Waals surface area contributed by atoms with Gasteiger partial charge in [-0.05, 0) is 20.8 Å². The molecule has 90 valence electrons. The summed E-state index contributed by atoms with van der Waals surface area (Å²) < 4.78 is 0. The highest BCUT2D eigenvalue weighted by Gasteiger charge is 2.12. The Bertz CT molecular complexity index is 369. The second kappa shape index (κ2) is 5.81. The Morgan fingerprint density at radius 1 is 1.50 bits per heavy atom. The smallest absolute Gasteiger partial charge is 0.191 e. The van der Waals surface area contributed by atoms with Crippen LogP contribution in [-0.2, 0) is 6.54 Å². The molecule has 0 bridgehead atoms. The van der Waals surface area contributed by atoms with Gasteiger partial charge < -0.3 is 10.6 Å². The van der Waals surface area contributed by atoms with E-state index in [0.717, 1.165) is 29.8 Å². The minimum absolute atomic E-state index is 0. The van der Waals surface area contributed by atoms with Gasteiger partial charge in [0.1, 0.15) is 5.01 Å². The van der Waals surface area contributed by atoms with Crippen LogP contribution in [0.4, 0.5) is 0 Å². The van der Waals surface area contributed by atoms with Gasteiger partial charge in [0.2, 0.25) is 0 Å². The second-order valence-electron chi connectivity index (χ2n) is 3.84. The molecule has 1 aliphatic rings. The van der Waals surface area contributed by atoms with E-state index >= 15 is 0 Å². The summed E-state index contributed by atoms with van der Waals surface area (Å²) in [6.07, 6.45) is 0. The summed E-state index contributed by atoms with van der Waals surface area (Å²) in [5.41, 5.74) is 1.13. The molecule has 4 nitrogen and oxygen atoms in total. The first-order valence-electron chi connectivity index (χ1n) is 5.13. The molecule has 0 saturated heterocycles. The number of hydrogen-bond acceptors (Lipinski definition) is 5. The maximum absolute atomic E-state index is 4.46. The summed E-state index contributed by atoms with van der Waals surface area (Å²) in [5.74, 6) is 0.896. The molecule has 0 aromatic carbocycles. The van der Waals surface area contributed by atoms with Crippen LogP contribution in [0.15, 0.2) is 4.99 Å². The zero-order valence-electron chi connectivity index (χ0n) is 9.70. The molecule has 0 saturated carbocycles. The third-order valence-electron chi connectivity index (χ3n) is 2.39. The third kappa shape index (κ3) is 3.31. The van der Waals surface area contributed by atoms with Crippen molar-refractivity contribution >= 4 is 41.3 Å². The number of aromatic nitrogens is 1. The van der Waals surface area contributed by atoms with Crippen molar-refractivity contribution in [2.24, 2.45) is 4.99 Å². The van der Waals surface area contributed by atoms with E-state index in [9.17, 15) is 0 Å². The number of thiazole rings is 1. The van der Waals surface area contributed by atoms with Crippen LogP contribution in [0, 0.1) is 13.8 Å². The molecule has 0 amide bonds. The monoisotopic (exact) mass is 352 g/mol.